The summed E-state index contributed by atoms with van der Waals surface area (Å²) in [5.74, 6) is 0.673. The first-order valence-electron chi connectivity index (χ1n) is 4.89. The molecule has 72 valence electrons. The molecule has 0 aromatic carbocycles. The van der Waals surface area contributed by atoms with E-state index in [0.29, 0.717) is 5.92 Å². The van der Waals surface area contributed by atoms with Crippen LogP contribution in [0.1, 0.15) is 32.1 Å². The molecule has 0 saturated carbocycles. The maximum Gasteiger partial charge on any atom is 0.0993 e. The number of ether oxygens (including phenoxy) is 1. The van der Waals surface area contributed by atoms with Crippen molar-refractivity contribution in [1.82, 2.24) is 9.55 Å². The summed E-state index contributed by atoms with van der Waals surface area (Å²) in [4.78, 5) is 4.14. The van der Waals surface area contributed by atoms with E-state index in [1.165, 1.54) is 5.69 Å². The van der Waals surface area contributed by atoms with Crippen molar-refractivity contribution in [3.05, 3.63) is 18.2 Å². The van der Waals surface area contributed by atoms with Gasteiger partial charge in [-0.2, -0.15) is 0 Å². The highest BCUT2D eigenvalue weighted by Crippen LogP contribution is 2.27. The molecule has 3 nitrogen and oxygen atoms in total. The third-order valence-electron chi connectivity index (χ3n) is 2.41. The molecule has 1 unspecified atom stereocenters. The molecule has 0 saturated heterocycles. The summed E-state index contributed by atoms with van der Waals surface area (Å²) in [7, 11) is 0. The van der Waals surface area contributed by atoms with Crippen LogP contribution in [-0.4, -0.2) is 16.2 Å². The molecular formula is C10H16N2O. The summed E-state index contributed by atoms with van der Waals surface area (Å²) in [5, 5.41) is 0. The predicted molar refractivity (Wildman–Crippen MR) is 50.4 cm³/mol. The van der Waals surface area contributed by atoms with Gasteiger partial charge < -0.3 is 9.30 Å². The smallest absolute Gasteiger partial charge is 0.0993 e. The first-order chi connectivity index (χ1) is 6.27. The molecule has 2 heterocycles. The second-order valence-electron chi connectivity index (χ2n) is 4.00. The van der Waals surface area contributed by atoms with Crippen LogP contribution in [-0.2, 0) is 11.3 Å². The molecule has 1 aliphatic rings. The van der Waals surface area contributed by atoms with Crippen molar-refractivity contribution in [1.29, 1.82) is 0 Å². The second kappa shape index (κ2) is 3.50. The minimum Gasteiger partial charge on any atom is -0.370 e. The van der Waals surface area contributed by atoms with Crippen LogP contribution in [0.2, 0.25) is 0 Å². The quantitative estimate of drug-likeness (QED) is 0.696. The summed E-state index contributed by atoms with van der Waals surface area (Å²) >= 11 is 0. The van der Waals surface area contributed by atoms with E-state index in [1.807, 2.05) is 12.5 Å². The van der Waals surface area contributed by atoms with E-state index in [4.69, 9.17) is 4.74 Å². The van der Waals surface area contributed by atoms with Gasteiger partial charge in [0.25, 0.3) is 0 Å². The van der Waals surface area contributed by atoms with Gasteiger partial charge in [-0.05, 0) is 12.3 Å². The summed E-state index contributed by atoms with van der Waals surface area (Å²) < 4.78 is 7.90. The predicted octanol–water partition coefficient (Wildman–Crippen LogP) is 2.00. The Morgan fingerprint density at radius 3 is 3.31 bits per heavy atom. The number of imidazole rings is 1. The Morgan fingerprint density at radius 2 is 2.54 bits per heavy atom. The molecule has 3 heteroatoms. The molecule has 0 N–H and O–H groups in total. The van der Waals surface area contributed by atoms with Crippen LogP contribution in [0, 0.1) is 5.92 Å². The molecule has 0 amide bonds. The molecule has 0 bridgehead atoms. The molecular weight excluding hydrogens is 164 g/mol. The van der Waals surface area contributed by atoms with E-state index in [0.717, 1.165) is 19.6 Å². The lowest BCUT2D eigenvalue weighted by atomic mass is 10.0. The summed E-state index contributed by atoms with van der Waals surface area (Å²) in [6, 6.07) is 0. The van der Waals surface area contributed by atoms with Crippen molar-refractivity contribution in [2.24, 2.45) is 5.92 Å². The minimum atomic E-state index is 0.260. The highest BCUT2D eigenvalue weighted by molar-refractivity contribution is 5.05. The van der Waals surface area contributed by atoms with Crippen LogP contribution >= 0.6 is 0 Å². The Morgan fingerprint density at radius 1 is 1.69 bits per heavy atom. The van der Waals surface area contributed by atoms with Gasteiger partial charge in [-0.3, -0.25) is 0 Å². The van der Waals surface area contributed by atoms with E-state index in [2.05, 4.69) is 23.4 Å². The Labute approximate surface area is 78.7 Å². The van der Waals surface area contributed by atoms with Gasteiger partial charge >= 0.3 is 0 Å². The van der Waals surface area contributed by atoms with E-state index in [1.54, 1.807) is 0 Å². The van der Waals surface area contributed by atoms with E-state index in [-0.39, 0.29) is 6.10 Å². The van der Waals surface area contributed by atoms with Crippen molar-refractivity contribution in [2.75, 3.05) is 6.61 Å². The van der Waals surface area contributed by atoms with Crippen LogP contribution in [0.5, 0.6) is 0 Å². The molecule has 0 aliphatic carbocycles. The Bertz CT molecular complexity index is 280. The summed E-state index contributed by atoms with van der Waals surface area (Å²) in [5.41, 5.74) is 1.24. The molecule has 0 radical (unpaired) electrons. The number of aromatic nitrogens is 2. The molecule has 2 rings (SSSR count). The Kier molecular flexibility index (Phi) is 2.36. The van der Waals surface area contributed by atoms with Crippen LogP contribution in [0.4, 0.5) is 0 Å². The number of fused-ring (bicyclic) bond motifs is 1. The van der Waals surface area contributed by atoms with E-state index >= 15 is 0 Å². The molecule has 0 spiro atoms. The molecule has 1 aromatic rings. The van der Waals surface area contributed by atoms with Gasteiger partial charge in [-0.15, -0.1) is 0 Å². The zero-order chi connectivity index (χ0) is 9.26. The third kappa shape index (κ3) is 1.75. The van der Waals surface area contributed by atoms with E-state index < -0.39 is 0 Å². The average Bonchev–Trinajstić information content (AvgIpc) is 2.51. The average molecular weight is 180 g/mol. The van der Waals surface area contributed by atoms with Gasteiger partial charge in [-0.1, -0.05) is 13.8 Å². The largest absolute Gasteiger partial charge is 0.370 e. The summed E-state index contributed by atoms with van der Waals surface area (Å²) in [6.07, 6.45) is 5.17. The molecule has 1 atom stereocenters. The van der Waals surface area contributed by atoms with Crippen molar-refractivity contribution < 1.29 is 4.74 Å². The molecule has 1 aromatic heterocycles. The standard InChI is InChI=1S/C10H16N2O/c1-8(2)5-10-9-6-11-7-12(9)3-4-13-10/h6-8,10H,3-5H2,1-2H3. The maximum absolute atomic E-state index is 5.71. The van der Waals surface area contributed by atoms with Gasteiger partial charge in [0.2, 0.25) is 0 Å². The lowest BCUT2D eigenvalue weighted by molar-refractivity contribution is 0.00794. The highest BCUT2D eigenvalue weighted by Gasteiger charge is 2.21. The topological polar surface area (TPSA) is 27.1 Å². The zero-order valence-electron chi connectivity index (χ0n) is 8.23. The van der Waals surface area contributed by atoms with Crippen LogP contribution in [0.25, 0.3) is 0 Å². The number of hydrogen-bond donors (Lipinski definition) is 0. The monoisotopic (exact) mass is 180 g/mol. The second-order valence-corrected chi connectivity index (χ2v) is 4.00. The Hall–Kier alpha value is -0.830. The number of hydrogen-bond acceptors (Lipinski definition) is 2. The van der Waals surface area contributed by atoms with Crippen molar-refractivity contribution in [2.45, 2.75) is 32.9 Å². The lowest BCUT2D eigenvalue weighted by Crippen LogP contribution is -2.21. The van der Waals surface area contributed by atoms with Crippen molar-refractivity contribution in [3.63, 3.8) is 0 Å². The maximum atomic E-state index is 5.71. The fourth-order valence-electron chi connectivity index (χ4n) is 1.78. The van der Waals surface area contributed by atoms with Crippen LogP contribution in [0.15, 0.2) is 12.5 Å². The lowest BCUT2D eigenvalue weighted by Gasteiger charge is -2.25. The van der Waals surface area contributed by atoms with Gasteiger partial charge in [0.05, 0.1) is 30.9 Å². The molecule has 13 heavy (non-hydrogen) atoms. The van der Waals surface area contributed by atoms with Gasteiger partial charge in [0.15, 0.2) is 0 Å². The minimum absolute atomic E-state index is 0.260. The van der Waals surface area contributed by atoms with Gasteiger partial charge in [0, 0.05) is 6.54 Å². The molecule has 0 fully saturated rings. The summed E-state index contributed by atoms with van der Waals surface area (Å²) in [6.45, 7) is 6.21. The zero-order valence-corrected chi connectivity index (χ0v) is 8.23. The fourth-order valence-corrected chi connectivity index (χ4v) is 1.78. The van der Waals surface area contributed by atoms with E-state index in [9.17, 15) is 0 Å². The molecule has 1 aliphatic heterocycles. The number of rotatable bonds is 2. The van der Waals surface area contributed by atoms with Gasteiger partial charge in [0.1, 0.15) is 0 Å². The van der Waals surface area contributed by atoms with Gasteiger partial charge in [-0.25, -0.2) is 4.98 Å². The number of nitrogens with zero attached hydrogens (tertiary/aromatic N) is 2. The SMILES string of the molecule is CC(C)CC1OCCn2cncc21. The highest BCUT2D eigenvalue weighted by atomic mass is 16.5. The fraction of sp³-hybridized carbons (Fsp3) is 0.700. The first kappa shape index (κ1) is 8.75. The van der Waals surface area contributed by atoms with Crippen molar-refractivity contribution in [3.8, 4) is 0 Å². The Balaban J connectivity index is 2.15. The normalized spacial score (nSPS) is 21.9. The first-order valence-corrected chi connectivity index (χ1v) is 4.89. The van der Waals surface area contributed by atoms with Crippen LogP contribution < -0.4 is 0 Å². The third-order valence-corrected chi connectivity index (χ3v) is 2.41. The van der Waals surface area contributed by atoms with Crippen molar-refractivity contribution >= 4 is 0 Å². The van der Waals surface area contributed by atoms with Crippen LogP contribution in [0.3, 0.4) is 0 Å².